The quantitative estimate of drug-likeness (QED) is 0.741. The largest absolute Gasteiger partial charge is 0.373 e. The van der Waals surface area contributed by atoms with E-state index in [9.17, 15) is 0 Å². The molecule has 2 heteroatoms. The Morgan fingerprint density at radius 1 is 1.20 bits per heavy atom. The Labute approximate surface area is 98.3 Å². The summed E-state index contributed by atoms with van der Waals surface area (Å²) in [5, 5.41) is 0. The Hall–Kier alpha value is -0.470. The van der Waals surface area contributed by atoms with Crippen LogP contribution in [0.4, 0.5) is 0 Å². The monoisotopic (exact) mass is 224 g/mol. The van der Waals surface area contributed by atoms with Crippen LogP contribution in [0.1, 0.15) is 38.9 Å². The smallest absolute Gasteiger partial charge is 0.0822 e. The van der Waals surface area contributed by atoms with Gasteiger partial charge >= 0.3 is 0 Å². The van der Waals surface area contributed by atoms with Crippen LogP contribution in [0.15, 0.2) is 29.2 Å². The Bertz CT molecular complexity index is 279. The van der Waals surface area contributed by atoms with Crippen molar-refractivity contribution in [1.29, 1.82) is 0 Å². The van der Waals surface area contributed by atoms with Gasteiger partial charge in [-0.3, -0.25) is 0 Å². The van der Waals surface area contributed by atoms with Crippen molar-refractivity contribution in [3.8, 4) is 0 Å². The van der Waals surface area contributed by atoms with Crippen molar-refractivity contribution in [2.75, 3.05) is 6.61 Å². The van der Waals surface area contributed by atoms with Gasteiger partial charge in [-0.15, -0.1) is 12.6 Å². The number of hydrogen-bond donors (Lipinski definition) is 1. The van der Waals surface area contributed by atoms with E-state index in [2.05, 4.69) is 45.5 Å². The van der Waals surface area contributed by atoms with Crippen LogP contribution in [0.3, 0.4) is 0 Å². The van der Waals surface area contributed by atoms with Crippen LogP contribution >= 0.6 is 12.6 Å². The van der Waals surface area contributed by atoms with Crippen LogP contribution in [0.25, 0.3) is 0 Å². The molecule has 0 heterocycles. The summed E-state index contributed by atoms with van der Waals surface area (Å²) in [6, 6.07) is 8.22. The molecule has 0 aliphatic rings. The molecule has 84 valence electrons. The van der Waals surface area contributed by atoms with Gasteiger partial charge in [-0.2, -0.15) is 0 Å². The maximum atomic E-state index is 5.85. The summed E-state index contributed by atoms with van der Waals surface area (Å²) < 4.78 is 5.85. The molecular weight excluding hydrogens is 204 g/mol. The number of rotatable bonds is 5. The molecular formula is C13H20OS. The van der Waals surface area contributed by atoms with Gasteiger partial charge in [-0.05, 0) is 30.0 Å². The first-order valence-electron chi connectivity index (χ1n) is 5.54. The molecule has 1 unspecified atom stereocenters. The van der Waals surface area contributed by atoms with Gasteiger partial charge in [0.2, 0.25) is 0 Å². The first-order chi connectivity index (χ1) is 7.13. The minimum Gasteiger partial charge on any atom is -0.373 e. The molecule has 0 saturated heterocycles. The van der Waals surface area contributed by atoms with Gasteiger partial charge < -0.3 is 4.74 Å². The fourth-order valence-electron chi connectivity index (χ4n) is 1.45. The second-order valence-corrected chi connectivity index (χ2v) is 4.73. The van der Waals surface area contributed by atoms with Crippen LogP contribution in [-0.4, -0.2) is 6.61 Å². The predicted octanol–water partition coefficient (Wildman–Crippen LogP) is 4.10. The fraction of sp³-hybridized carbons (Fsp3) is 0.538. The second kappa shape index (κ2) is 6.19. The van der Waals surface area contributed by atoms with Gasteiger partial charge in [0.05, 0.1) is 6.10 Å². The first-order valence-corrected chi connectivity index (χ1v) is 5.98. The fourth-order valence-corrected chi connectivity index (χ4v) is 1.60. The minimum absolute atomic E-state index is 0.223. The van der Waals surface area contributed by atoms with Crippen LogP contribution in [0.2, 0.25) is 0 Å². The van der Waals surface area contributed by atoms with Crippen molar-refractivity contribution in [1.82, 2.24) is 0 Å². The first kappa shape index (κ1) is 12.6. The molecule has 1 aromatic carbocycles. The van der Waals surface area contributed by atoms with E-state index >= 15 is 0 Å². The maximum Gasteiger partial charge on any atom is 0.0822 e. The highest BCUT2D eigenvalue weighted by Crippen LogP contribution is 2.22. The third kappa shape index (κ3) is 4.27. The van der Waals surface area contributed by atoms with Crippen LogP contribution in [0.5, 0.6) is 0 Å². The lowest BCUT2D eigenvalue weighted by Gasteiger charge is -2.18. The van der Waals surface area contributed by atoms with Crippen molar-refractivity contribution in [3.63, 3.8) is 0 Å². The Morgan fingerprint density at radius 2 is 1.80 bits per heavy atom. The average Bonchev–Trinajstić information content (AvgIpc) is 2.21. The molecule has 1 rings (SSSR count). The molecule has 15 heavy (non-hydrogen) atoms. The molecule has 0 spiro atoms. The van der Waals surface area contributed by atoms with Crippen LogP contribution < -0.4 is 0 Å². The zero-order chi connectivity index (χ0) is 11.3. The molecule has 0 aliphatic carbocycles. The van der Waals surface area contributed by atoms with E-state index in [4.69, 9.17) is 4.74 Å². The molecule has 0 aromatic heterocycles. The van der Waals surface area contributed by atoms with Crippen molar-refractivity contribution in [3.05, 3.63) is 29.8 Å². The van der Waals surface area contributed by atoms with E-state index in [1.54, 1.807) is 0 Å². The van der Waals surface area contributed by atoms with Crippen molar-refractivity contribution >= 4 is 12.6 Å². The summed E-state index contributed by atoms with van der Waals surface area (Å²) in [6.07, 6.45) is 1.24. The summed E-state index contributed by atoms with van der Waals surface area (Å²) in [5.74, 6) is 0.586. The minimum atomic E-state index is 0.223. The Kier molecular flexibility index (Phi) is 5.20. The molecule has 1 aromatic rings. The molecule has 1 nitrogen and oxygen atoms in total. The predicted molar refractivity (Wildman–Crippen MR) is 67.5 cm³/mol. The Morgan fingerprint density at radius 3 is 2.27 bits per heavy atom. The lowest BCUT2D eigenvalue weighted by Crippen LogP contribution is -2.08. The highest BCUT2D eigenvalue weighted by Gasteiger charge is 2.09. The molecule has 0 saturated carbocycles. The summed E-state index contributed by atoms with van der Waals surface area (Å²) in [5.41, 5.74) is 1.25. The summed E-state index contributed by atoms with van der Waals surface area (Å²) in [4.78, 5) is 0.998. The highest BCUT2D eigenvalue weighted by atomic mass is 32.1. The van der Waals surface area contributed by atoms with E-state index in [1.165, 1.54) is 5.56 Å². The zero-order valence-corrected chi connectivity index (χ0v) is 10.6. The molecule has 0 bridgehead atoms. The van der Waals surface area contributed by atoms with Gasteiger partial charge in [0.1, 0.15) is 0 Å². The zero-order valence-electron chi connectivity index (χ0n) is 9.73. The van der Waals surface area contributed by atoms with Gasteiger partial charge in [0.15, 0.2) is 0 Å². The summed E-state index contributed by atoms with van der Waals surface area (Å²) >= 11 is 4.27. The maximum absolute atomic E-state index is 5.85. The number of benzene rings is 1. The van der Waals surface area contributed by atoms with Crippen LogP contribution in [-0.2, 0) is 4.74 Å². The average molecular weight is 224 g/mol. The summed E-state index contributed by atoms with van der Waals surface area (Å²) in [7, 11) is 0. The topological polar surface area (TPSA) is 9.23 Å². The third-order valence-corrected chi connectivity index (χ3v) is 2.56. The van der Waals surface area contributed by atoms with Crippen molar-refractivity contribution in [2.24, 2.45) is 5.92 Å². The second-order valence-electron chi connectivity index (χ2n) is 4.22. The molecule has 0 N–H and O–H groups in total. The van der Waals surface area contributed by atoms with Gasteiger partial charge in [-0.25, -0.2) is 0 Å². The van der Waals surface area contributed by atoms with Crippen LogP contribution in [0, 0.1) is 5.92 Å². The third-order valence-electron chi connectivity index (χ3n) is 2.27. The lowest BCUT2D eigenvalue weighted by atomic mass is 10.1. The normalized spacial score (nSPS) is 13.1. The molecule has 0 amide bonds. The van der Waals surface area contributed by atoms with Crippen molar-refractivity contribution in [2.45, 2.75) is 38.2 Å². The number of ether oxygens (including phenoxy) is 1. The SMILES string of the molecule is CCC(OCC(C)C)c1ccc(S)cc1. The number of hydrogen-bond acceptors (Lipinski definition) is 2. The van der Waals surface area contributed by atoms with Gasteiger partial charge in [-0.1, -0.05) is 32.9 Å². The molecule has 1 atom stereocenters. The molecule has 0 fully saturated rings. The molecule has 0 aliphatic heterocycles. The van der Waals surface area contributed by atoms with E-state index in [0.717, 1.165) is 17.9 Å². The van der Waals surface area contributed by atoms with Crippen molar-refractivity contribution < 1.29 is 4.74 Å². The highest BCUT2D eigenvalue weighted by molar-refractivity contribution is 7.80. The number of thiol groups is 1. The molecule has 0 radical (unpaired) electrons. The van der Waals surface area contributed by atoms with E-state index in [1.807, 2.05) is 12.1 Å². The van der Waals surface area contributed by atoms with E-state index in [-0.39, 0.29) is 6.10 Å². The Balaban J connectivity index is 2.61. The van der Waals surface area contributed by atoms with E-state index in [0.29, 0.717) is 5.92 Å². The lowest BCUT2D eigenvalue weighted by molar-refractivity contribution is 0.0326. The summed E-state index contributed by atoms with van der Waals surface area (Å²) in [6.45, 7) is 7.31. The van der Waals surface area contributed by atoms with E-state index < -0.39 is 0 Å². The van der Waals surface area contributed by atoms with Gasteiger partial charge in [0.25, 0.3) is 0 Å². The van der Waals surface area contributed by atoms with Gasteiger partial charge in [0, 0.05) is 11.5 Å². The standard InChI is InChI=1S/C13H20OS/c1-4-13(14-9-10(2)3)11-5-7-12(15)8-6-11/h5-8,10,13,15H,4,9H2,1-3H3.